The third kappa shape index (κ3) is 7.27. The first-order chi connectivity index (χ1) is 16.4. The molecule has 1 saturated heterocycles. The summed E-state index contributed by atoms with van der Waals surface area (Å²) in [4.78, 5) is 12.7. The Morgan fingerprint density at radius 2 is 1.74 bits per heavy atom. The van der Waals surface area contributed by atoms with Crippen LogP contribution in [-0.4, -0.2) is 66.6 Å². The van der Waals surface area contributed by atoms with Gasteiger partial charge in [0.25, 0.3) is 6.10 Å². The van der Waals surface area contributed by atoms with Crippen molar-refractivity contribution in [1.82, 2.24) is 13.6 Å². The average molecular weight is 546 g/mol. The summed E-state index contributed by atoms with van der Waals surface area (Å²) >= 11 is -1.88. The summed E-state index contributed by atoms with van der Waals surface area (Å²) in [6.07, 6.45) is -17.0. The fourth-order valence-corrected chi connectivity index (χ4v) is 4.78. The van der Waals surface area contributed by atoms with Crippen molar-refractivity contribution in [2.45, 2.75) is 37.7 Å². The van der Waals surface area contributed by atoms with Crippen LogP contribution in [0.1, 0.15) is 24.1 Å². The highest BCUT2D eigenvalue weighted by Gasteiger charge is 2.60. The van der Waals surface area contributed by atoms with Crippen LogP contribution in [0.25, 0.3) is 0 Å². The zero-order chi connectivity index (χ0) is 25.8. The number of benzene rings is 1. The average Bonchev–Trinajstić information content (AvgIpc) is 3.22. The van der Waals surface area contributed by atoms with Crippen molar-refractivity contribution in [3.8, 4) is 0 Å². The van der Waals surface area contributed by atoms with Crippen molar-refractivity contribution in [1.29, 1.82) is 0 Å². The summed E-state index contributed by atoms with van der Waals surface area (Å²) in [5, 5.41) is 0. The molecule has 1 atom stereocenters. The molecule has 0 radical (unpaired) electrons. The molecular weight excluding hydrogens is 526 g/mol. The number of likely N-dealkylation sites (tertiary alicyclic amines) is 1. The number of nitrogens with zero attached hydrogens (tertiary/aromatic N) is 4. The van der Waals surface area contributed by atoms with Crippen LogP contribution < -0.4 is 4.31 Å². The molecule has 16 heteroatoms. The second-order valence-corrected chi connectivity index (χ2v) is 9.16. The number of piperidine rings is 1. The molecule has 35 heavy (non-hydrogen) atoms. The van der Waals surface area contributed by atoms with Gasteiger partial charge in [-0.25, -0.2) is 4.79 Å². The van der Waals surface area contributed by atoms with Gasteiger partial charge in [0.05, 0.1) is 11.7 Å². The molecule has 2 heterocycles. The third-order valence-corrected chi connectivity index (χ3v) is 6.52. The molecule has 1 aliphatic rings. The predicted octanol–water partition coefficient (Wildman–Crippen LogP) is 4.07. The highest BCUT2D eigenvalue weighted by atomic mass is 32.2. The molecule has 0 N–H and O–H groups in total. The Morgan fingerprint density at radius 1 is 1.14 bits per heavy atom. The Balaban J connectivity index is 1.61. The van der Waals surface area contributed by atoms with Gasteiger partial charge in [-0.3, -0.25) is 8.51 Å². The minimum absolute atomic E-state index is 0.0417. The minimum atomic E-state index is -5.80. The number of halogens is 6. The lowest BCUT2D eigenvalue weighted by Gasteiger charge is -2.35. The lowest BCUT2D eigenvalue weighted by atomic mass is 9.97. The van der Waals surface area contributed by atoms with E-state index >= 15 is 0 Å². The number of rotatable bonds is 7. The molecule has 0 aliphatic carbocycles. The van der Waals surface area contributed by atoms with Crippen molar-refractivity contribution in [3.05, 3.63) is 41.6 Å². The molecule has 1 aromatic carbocycles. The molecule has 1 unspecified atom stereocenters. The van der Waals surface area contributed by atoms with Crippen molar-refractivity contribution < 1.29 is 44.6 Å². The van der Waals surface area contributed by atoms with Gasteiger partial charge < -0.3 is 14.2 Å². The van der Waals surface area contributed by atoms with Gasteiger partial charge in [0.2, 0.25) is 0 Å². The van der Waals surface area contributed by atoms with E-state index < -0.39 is 35.8 Å². The smallest absolute Gasteiger partial charge is 0.434 e. The lowest BCUT2D eigenvalue weighted by molar-refractivity contribution is -0.308. The van der Waals surface area contributed by atoms with E-state index in [2.05, 4.69) is 13.5 Å². The number of ether oxygens (including phenoxy) is 1. The summed E-state index contributed by atoms with van der Waals surface area (Å²) in [6, 6.07) is 9.17. The number of hydrogen-bond acceptors (Lipinski definition) is 7. The number of aromatic nitrogens is 2. The zero-order valence-corrected chi connectivity index (χ0v) is 19.4. The number of anilines is 1. The third-order valence-electron chi connectivity index (χ3n) is 5.28. The van der Waals surface area contributed by atoms with Gasteiger partial charge in [0, 0.05) is 37.3 Å². The second-order valence-electron chi connectivity index (χ2n) is 7.75. The van der Waals surface area contributed by atoms with E-state index in [-0.39, 0.29) is 44.2 Å². The van der Waals surface area contributed by atoms with Gasteiger partial charge in [0.15, 0.2) is 5.82 Å². The van der Waals surface area contributed by atoms with Crippen molar-refractivity contribution in [2.24, 2.45) is 5.92 Å². The van der Waals surface area contributed by atoms with E-state index in [1.165, 1.54) is 0 Å². The van der Waals surface area contributed by atoms with Crippen LogP contribution in [0.5, 0.6) is 0 Å². The Bertz CT molecular complexity index is 999. The van der Waals surface area contributed by atoms with E-state index in [0.717, 1.165) is 26.5 Å². The second kappa shape index (κ2) is 11.1. The minimum Gasteiger partial charge on any atom is -0.755 e. The van der Waals surface area contributed by atoms with Crippen LogP contribution in [0, 0.1) is 5.92 Å². The molecule has 0 spiro atoms. The standard InChI is InChI=1S/C19H20F6N4O4S2/c20-18(21,22)16(19(23,24)25)33-17(30)28-8-6-13(7-9-28)11-29(35(31)32)15-14(26-34-27-15)10-12-4-2-1-3-5-12/h1-5,13,16H,6-11H2,(H,31,32)/p-1. The van der Waals surface area contributed by atoms with Crippen LogP contribution in [0.15, 0.2) is 30.3 Å². The van der Waals surface area contributed by atoms with Crippen LogP contribution in [0.4, 0.5) is 37.0 Å². The van der Waals surface area contributed by atoms with Gasteiger partial charge in [-0.15, -0.1) is 0 Å². The Morgan fingerprint density at radius 3 is 2.29 bits per heavy atom. The van der Waals surface area contributed by atoms with E-state index in [4.69, 9.17) is 0 Å². The Hall–Kier alpha value is -2.46. The molecule has 1 fully saturated rings. The molecular formula is C19H19F6N4O4S2-. The summed E-state index contributed by atoms with van der Waals surface area (Å²) in [7, 11) is 0. The van der Waals surface area contributed by atoms with E-state index in [1.54, 1.807) is 0 Å². The first-order valence-corrected chi connectivity index (χ1v) is 11.9. The number of amides is 1. The maximum absolute atomic E-state index is 12.6. The van der Waals surface area contributed by atoms with Crippen molar-refractivity contribution in [2.75, 3.05) is 23.9 Å². The van der Waals surface area contributed by atoms with Crippen LogP contribution in [0.3, 0.4) is 0 Å². The molecule has 2 aromatic rings. The first-order valence-electron chi connectivity index (χ1n) is 10.2. The summed E-state index contributed by atoms with van der Waals surface area (Å²) < 4.78 is 113. The predicted molar refractivity (Wildman–Crippen MR) is 112 cm³/mol. The molecule has 8 nitrogen and oxygen atoms in total. The Labute approximate surface area is 202 Å². The number of carbonyl (C=O) groups is 1. The van der Waals surface area contributed by atoms with Gasteiger partial charge in [-0.1, -0.05) is 30.3 Å². The quantitative estimate of drug-likeness (QED) is 0.384. The fraction of sp³-hybridized carbons (Fsp3) is 0.526. The summed E-state index contributed by atoms with van der Waals surface area (Å²) in [5.41, 5.74) is 1.33. The van der Waals surface area contributed by atoms with E-state index in [1.807, 2.05) is 30.3 Å². The normalized spacial score (nSPS) is 16.4. The lowest BCUT2D eigenvalue weighted by Crippen LogP contribution is -2.49. The number of carbonyl (C=O) groups excluding carboxylic acids is 1. The van der Waals surface area contributed by atoms with Gasteiger partial charge in [-0.2, -0.15) is 35.1 Å². The molecule has 1 aromatic heterocycles. The SMILES string of the molecule is O=C(OC(C(F)(F)F)C(F)(F)F)N1CCC(CN(c2nsnc2Cc2ccccc2)S(=O)[O-])CC1. The summed E-state index contributed by atoms with van der Waals surface area (Å²) in [5.74, 6) is -0.184. The van der Waals surface area contributed by atoms with Crippen LogP contribution in [0.2, 0.25) is 0 Å². The number of alkyl halides is 6. The highest BCUT2D eigenvalue weighted by Crippen LogP contribution is 2.36. The topological polar surface area (TPSA) is 98.7 Å². The summed E-state index contributed by atoms with van der Waals surface area (Å²) in [6.45, 7) is -0.436. The monoisotopic (exact) mass is 545 g/mol. The Kier molecular flexibility index (Phi) is 8.58. The largest absolute Gasteiger partial charge is 0.755 e. The first kappa shape index (κ1) is 27.1. The molecule has 0 bridgehead atoms. The van der Waals surface area contributed by atoms with Crippen LogP contribution >= 0.6 is 11.7 Å². The van der Waals surface area contributed by atoms with Crippen molar-refractivity contribution in [3.63, 3.8) is 0 Å². The van der Waals surface area contributed by atoms with Crippen LogP contribution in [-0.2, 0) is 22.4 Å². The molecule has 194 valence electrons. The van der Waals surface area contributed by atoms with Gasteiger partial charge in [0.1, 0.15) is 5.69 Å². The van der Waals surface area contributed by atoms with Gasteiger partial charge in [-0.05, 0) is 24.3 Å². The molecule has 1 aliphatic heterocycles. The highest BCUT2D eigenvalue weighted by molar-refractivity contribution is 7.80. The number of hydrogen-bond donors (Lipinski definition) is 0. The maximum Gasteiger partial charge on any atom is 0.434 e. The molecule has 0 saturated carbocycles. The van der Waals surface area contributed by atoms with Gasteiger partial charge >= 0.3 is 18.4 Å². The van der Waals surface area contributed by atoms with Crippen molar-refractivity contribution >= 4 is 34.9 Å². The molecule has 3 rings (SSSR count). The zero-order valence-electron chi connectivity index (χ0n) is 17.8. The maximum atomic E-state index is 12.6. The van der Waals surface area contributed by atoms with E-state index in [0.29, 0.717) is 12.1 Å². The fourth-order valence-electron chi connectivity index (χ4n) is 3.54. The molecule has 1 amide bonds. The van der Waals surface area contributed by atoms with E-state index in [9.17, 15) is 39.9 Å².